The van der Waals surface area contributed by atoms with Crippen LogP contribution in [0.2, 0.25) is 5.02 Å². The number of anilines is 3. The number of hydrogen-bond acceptors (Lipinski definition) is 5. The normalized spacial score (nSPS) is 10.0. The Balaban J connectivity index is 1.71. The van der Waals surface area contributed by atoms with Gasteiger partial charge in [-0.3, -0.25) is 4.79 Å². The predicted molar refractivity (Wildman–Crippen MR) is 101 cm³/mol. The van der Waals surface area contributed by atoms with E-state index in [2.05, 4.69) is 20.6 Å². The molecule has 0 saturated heterocycles. The molecule has 1 heterocycles. The number of nitriles is 1. The van der Waals surface area contributed by atoms with Crippen LogP contribution < -0.4 is 10.6 Å². The molecule has 6 nitrogen and oxygen atoms in total. The quantitative estimate of drug-likeness (QED) is 0.720. The summed E-state index contributed by atoms with van der Waals surface area (Å²) >= 11 is 6.10. The highest BCUT2D eigenvalue weighted by Gasteiger charge is 2.11. The standard InChI is InChI=1S/C19H14ClN5O/c1-12-6-7-14(8-15(12)20)24-18-11-22-17(10-23-18)19(26)25-16-5-3-2-4-13(16)9-21/h2-8,10-11H,1H3,(H,23,24)(H,25,26). The van der Waals surface area contributed by atoms with Gasteiger partial charge in [-0.15, -0.1) is 0 Å². The number of para-hydroxylation sites is 1. The first kappa shape index (κ1) is 17.4. The van der Waals surface area contributed by atoms with Crippen LogP contribution in [0.4, 0.5) is 17.2 Å². The number of aromatic nitrogens is 2. The van der Waals surface area contributed by atoms with Gasteiger partial charge in [-0.2, -0.15) is 5.26 Å². The predicted octanol–water partition coefficient (Wildman–Crippen LogP) is 4.31. The van der Waals surface area contributed by atoms with Crippen molar-refractivity contribution in [3.05, 3.63) is 76.7 Å². The van der Waals surface area contributed by atoms with E-state index in [4.69, 9.17) is 16.9 Å². The van der Waals surface area contributed by atoms with Crippen LogP contribution in [-0.2, 0) is 0 Å². The van der Waals surface area contributed by atoms with Crippen molar-refractivity contribution < 1.29 is 4.79 Å². The molecule has 0 bridgehead atoms. The van der Waals surface area contributed by atoms with E-state index in [0.29, 0.717) is 22.1 Å². The molecule has 0 spiro atoms. The van der Waals surface area contributed by atoms with Crippen LogP contribution in [0.1, 0.15) is 21.6 Å². The molecule has 0 fully saturated rings. The summed E-state index contributed by atoms with van der Waals surface area (Å²) in [6.07, 6.45) is 2.82. The van der Waals surface area contributed by atoms with Gasteiger partial charge >= 0.3 is 0 Å². The van der Waals surface area contributed by atoms with Crippen LogP contribution in [0, 0.1) is 18.3 Å². The van der Waals surface area contributed by atoms with Crippen LogP contribution in [-0.4, -0.2) is 15.9 Å². The van der Waals surface area contributed by atoms with Crippen LogP contribution in [0.3, 0.4) is 0 Å². The van der Waals surface area contributed by atoms with E-state index in [-0.39, 0.29) is 5.69 Å². The topological polar surface area (TPSA) is 90.7 Å². The van der Waals surface area contributed by atoms with Crippen molar-refractivity contribution in [3.8, 4) is 6.07 Å². The molecule has 0 unspecified atom stereocenters. The Kier molecular flexibility index (Phi) is 5.11. The highest BCUT2D eigenvalue weighted by Crippen LogP contribution is 2.22. The Morgan fingerprint density at radius 1 is 1.15 bits per heavy atom. The molecule has 0 aliphatic rings. The van der Waals surface area contributed by atoms with Crippen molar-refractivity contribution in [2.75, 3.05) is 10.6 Å². The van der Waals surface area contributed by atoms with Gasteiger partial charge in [0.1, 0.15) is 17.6 Å². The van der Waals surface area contributed by atoms with E-state index in [1.54, 1.807) is 30.3 Å². The van der Waals surface area contributed by atoms with Crippen molar-refractivity contribution >= 4 is 34.7 Å². The van der Waals surface area contributed by atoms with E-state index in [1.165, 1.54) is 12.4 Å². The van der Waals surface area contributed by atoms with Crippen molar-refractivity contribution in [1.29, 1.82) is 5.26 Å². The average Bonchev–Trinajstić information content (AvgIpc) is 2.66. The maximum absolute atomic E-state index is 12.3. The van der Waals surface area contributed by atoms with Gasteiger partial charge in [0.2, 0.25) is 0 Å². The zero-order valence-electron chi connectivity index (χ0n) is 13.8. The van der Waals surface area contributed by atoms with Gasteiger partial charge in [0.25, 0.3) is 5.91 Å². The molecule has 0 saturated carbocycles. The first-order chi connectivity index (χ1) is 12.6. The van der Waals surface area contributed by atoms with Crippen LogP contribution in [0.5, 0.6) is 0 Å². The number of carbonyl (C=O) groups excluding carboxylic acids is 1. The Morgan fingerprint density at radius 3 is 2.65 bits per heavy atom. The highest BCUT2D eigenvalue weighted by molar-refractivity contribution is 6.31. The molecule has 2 N–H and O–H groups in total. The zero-order chi connectivity index (χ0) is 18.5. The molecule has 2 aromatic carbocycles. The van der Waals surface area contributed by atoms with E-state index in [1.807, 2.05) is 25.1 Å². The summed E-state index contributed by atoms with van der Waals surface area (Å²) in [6, 6.07) is 14.3. The molecule has 1 amide bonds. The fourth-order valence-corrected chi connectivity index (χ4v) is 2.38. The first-order valence-corrected chi connectivity index (χ1v) is 8.10. The maximum atomic E-state index is 12.3. The minimum atomic E-state index is -0.440. The minimum absolute atomic E-state index is 0.144. The molecule has 0 radical (unpaired) electrons. The lowest BCUT2D eigenvalue weighted by Crippen LogP contribution is -2.15. The largest absolute Gasteiger partial charge is 0.339 e. The second-order valence-electron chi connectivity index (χ2n) is 5.49. The number of amides is 1. The molecule has 128 valence electrons. The summed E-state index contributed by atoms with van der Waals surface area (Å²) < 4.78 is 0. The SMILES string of the molecule is Cc1ccc(Nc2cnc(C(=O)Nc3ccccc3C#N)cn2)cc1Cl. The number of nitrogens with zero attached hydrogens (tertiary/aromatic N) is 3. The molecule has 0 aliphatic carbocycles. The number of hydrogen-bond donors (Lipinski definition) is 2. The zero-order valence-corrected chi connectivity index (χ0v) is 14.6. The third-order valence-corrected chi connectivity index (χ3v) is 4.03. The van der Waals surface area contributed by atoms with Gasteiger partial charge < -0.3 is 10.6 Å². The Bertz CT molecular complexity index is 996. The van der Waals surface area contributed by atoms with Crippen molar-refractivity contribution in [2.45, 2.75) is 6.92 Å². The van der Waals surface area contributed by atoms with Crippen LogP contribution in [0.15, 0.2) is 54.9 Å². The lowest BCUT2D eigenvalue weighted by molar-refractivity contribution is 0.102. The summed E-state index contributed by atoms with van der Waals surface area (Å²) in [5, 5.41) is 15.4. The van der Waals surface area contributed by atoms with E-state index in [9.17, 15) is 4.79 Å². The fourth-order valence-electron chi connectivity index (χ4n) is 2.20. The average molecular weight is 364 g/mol. The first-order valence-electron chi connectivity index (χ1n) is 7.72. The van der Waals surface area contributed by atoms with E-state index < -0.39 is 5.91 Å². The van der Waals surface area contributed by atoms with Gasteiger partial charge in [0.15, 0.2) is 0 Å². The molecule has 3 rings (SSSR count). The number of halogens is 1. The molecular weight excluding hydrogens is 350 g/mol. The lowest BCUT2D eigenvalue weighted by Gasteiger charge is -2.08. The summed E-state index contributed by atoms with van der Waals surface area (Å²) in [5.74, 6) is 0.0454. The number of nitrogens with one attached hydrogen (secondary N) is 2. The Morgan fingerprint density at radius 2 is 1.96 bits per heavy atom. The van der Waals surface area contributed by atoms with Crippen molar-refractivity contribution in [1.82, 2.24) is 9.97 Å². The second kappa shape index (κ2) is 7.64. The highest BCUT2D eigenvalue weighted by atomic mass is 35.5. The molecule has 1 aromatic heterocycles. The van der Waals surface area contributed by atoms with E-state index >= 15 is 0 Å². The van der Waals surface area contributed by atoms with Crippen LogP contribution in [0.25, 0.3) is 0 Å². The molecular formula is C19H14ClN5O. The number of benzene rings is 2. The Labute approximate surface area is 155 Å². The number of rotatable bonds is 4. The smallest absolute Gasteiger partial charge is 0.275 e. The summed E-state index contributed by atoms with van der Waals surface area (Å²) in [4.78, 5) is 20.6. The van der Waals surface area contributed by atoms with Gasteiger partial charge in [-0.05, 0) is 36.8 Å². The third-order valence-electron chi connectivity index (χ3n) is 3.62. The van der Waals surface area contributed by atoms with Gasteiger partial charge in [0.05, 0.1) is 23.6 Å². The molecule has 26 heavy (non-hydrogen) atoms. The van der Waals surface area contributed by atoms with Crippen molar-refractivity contribution in [3.63, 3.8) is 0 Å². The molecule has 3 aromatic rings. The van der Waals surface area contributed by atoms with Crippen LogP contribution >= 0.6 is 11.6 Å². The summed E-state index contributed by atoms with van der Waals surface area (Å²) in [5.41, 5.74) is 2.70. The number of carbonyl (C=O) groups is 1. The Hall–Kier alpha value is -3.43. The summed E-state index contributed by atoms with van der Waals surface area (Å²) in [6.45, 7) is 1.92. The third kappa shape index (κ3) is 3.97. The number of aryl methyl sites for hydroxylation is 1. The minimum Gasteiger partial charge on any atom is -0.339 e. The lowest BCUT2D eigenvalue weighted by atomic mass is 10.2. The van der Waals surface area contributed by atoms with Gasteiger partial charge in [-0.25, -0.2) is 9.97 Å². The molecule has 7 heteroatoms. The summed E-state index contributed by atoms with van der Waals surface area (Å²) in [7, 11) is 0. The van der Waals surface area contributed by atoms with Gasteiger partial charge in [-0.1, -0.05) is 29.8 Å². The molecule has 0 aliphatic heterocycles. The monoisotopic (exact) mass is 363 g/mol. The fraction of sp³-hybridized carbons (Fsp3) is 0.0526. The van der Waals surface area contributed by atoms with Gasteiger partial charge in [0, 0.05) is 10.7 Å². The second-order valence-corrected chi connectivity index (χ2v) is 5.89. The maximum Gasteiger partial charge on any atom is 0.275 e. The molecule has 0 atom stereocenters. The van der Waals surface area contributed by atoms with Crippen molar-refractivity contribution in [2.24, 2.45) is 0 Å². The van der Waals surface area contributed by atoms with E-state index in [0.717, 1.165) is 11.3 Å².